The molecule has 2 amide bonds. The Morgan fingerprint density at radius 2 is 1.87 bits per heavy atom. The molecule has 2 aromatic carbocycles. The van der Waals surface area contributed by atoms with Crippen LogP contribution in [0.4, 0.5) is 10.5 Å². The van der Waals surface area contributed by atoms with E-state index in [0.717, 1.165) is 36.3 Å². The normalized spacial score (nSPS) is 13.5. The summed E-state index contributed by atoms with van der Waals surface area (Å²) in [4.78, 5) is 18.3. The molecule has 0 bridgehead atoms. The first-order valence-electron chi connectivity index (χ1n) is 10.7. The summed E-state index contributed by atoms with van der Waals surface area (Å²) in [5.74, 6) is 0.888. The monoisotopic (exact) mass is 413 g/mol. The van der Waals surface area contributed by atoms with Gasteiger partial charge in [0.05, 0.1) is 18.5 Å². The largest absolute Gasteiger partial charge is 0.493 e. The second kappa shape index (κ2) is 10.4. The molecule has 1 N–H and O–H groups in total. The molecule has 5 nitrogen and oxygen atoms in total. The van der Waals surface area contributed by atoms with Gasteiger partial charge in [-0.25, -0.2) is 4.79 Å². The zero-order valence-corrected chi connectivity index (χ0v) is 17.5. The minimum atomic E-state index is -0.0686. The van der Waals surface area contributed by atoms with E-state index in [1.165, 1.54) is 11.1 Å². The van der Waals surface area contributed by atoms with Crippen molar-refractivity contribution >= 4 is 17.8 Å². The van der Waals surface area contributed by atoms with Crippen LogP contribution in [0.25, 0.3) is 6.08 Å². The van der Waals surface area contributed by atoms with Gasteiger partial charge in [0.2, 0.25) is 0 Å². The first-order chi connectivity index (χ1) is 15.3. The van der Waals surface area contributed by atoms with Crippen LogP contribution in [0.5, 0.6) is 5.75 Å². The number of rotatable bonds is 6. The van der Waals surface area contributed by atoms with E-state index in [1.807, 2.05) is 35.2 Å². The predicted molar refractivity (Wildman–Crippen MR) is 124 cm³/mol. The number of anilines is 1. The number of benzene rings is 2. The van der Waals surface area contributed by atoms with Gasteiger partial charge >= 0.3 is 6.03 Å². The number of likely N-dealkylation sites (tertiary alicyclic amines) is 1. The maximum absolute atomic E-state index is 12.4. The molecular weight excluding hydrogens is 386 g/mol. The number of nitrogens with zero attached hydrogens (tertiary/aromatic N) is 2. The topological polar surface area (TPSA) is 54.5 Å². The van der Waals surface area contributed by atoms with Gasteiger partial charge in [-0.15, -0.1) is 0 Å². The van der Waals surface area contributed by atoms with Crippen LogP contribution in [0.2, 0.25) is 0 Å². The van der Waals surface area contributed by atoms with Crippen LogP contribution in [0, 0.1) is 0 Å². The first-order valence-corrected chi connectivity index (χ1v) is 10.7. The average Bonchev–Trinajstić information content (AvgIpc) is 2.81. The fourth-order valence-electron chi connectivity index (χ4n) is 3.64. The van der Waals surface area contributed by atoms with Crippen molar-refractivity contribution < 1.29 is 9.53 Å². The van der Waals surface area contributed by atoms with E-state index in [1.54, 1.807) is 12.4 Å². The van der Waals surface area contributed by atoms with Crippen molar-refractivity contribution in [2.45, 2.75) is 19.3 Å². The van der Waals surface area contributed by atoms with Gasteiger partial charge in [-0.1, -0.05) is 54.1 Å². The number of hydrogen-bond acceptors (Lipinski definition) is 3. The van der Waals surface area contributed by atoms with E-state index < -0.39 is 0 Å². The number of pyridine rings is 1. The Kier molecular flexibility index (Phi) is 6.96. The van der Waals surface area contributed by atoms with Crippen LogP contribution < -0.4 is 10.1 Å². The van der Waals surface area contributed by atoms with Crippen molar-refractivity contribution in [3.05, 3.63) is 95.8 Å². The van der Waals surface area contributed by atoms with Crippen molar-refractivity contribution in [3.63, 3.8) is 0 Å². The molecule has 2 heterocycles. The van der Waals surface area contributed by atoms with Gasteiger partial charge < -0.3 is 15.0 Å². The molecule has 0 radical (unpaired) electrons. The summed E-state index contributed by atoms with van der Waals surface area (Å²) < 4.78 is 5.95. The minimum absolute atomic E-state index is 0.0686. The van der Waals surface area contributed by atoms with Crippen LogP contribution in [-0.4, -0.2) is 35.6 Å². The molecule has 1 aromatic heterocycles. The Morgan fingerprint density at radius 3 is 2.65 bits per heavy atom. The third-order valence-electron chi connectivity index (χ3n) is 5.34. The van der Waals surface area contributed by atoms with E-state index in [2.05, 4.69) is 52.8 Å². The molecule has 4 rings (SSSR count). The SMILES string of the molecule is O=C(Nc1cccnc1)N1CCC(=Cc2cccc(OCCc3ccccc3)c2)CC1. The van der Waals surface area contributed by atoms with E-state index in [4.69, 9.17) is 4.74 Å². The van der Waals surface area contributed by atoms with Gasteiger partial charge in [-0.3, -0.25) is 4.98 Å². The van der Waals surface area contributed by atoms with E-state index in [9.17, 15) is 4.79 Å². The lowest BCUT2D eigenvalue weighted by molar-refractivity contribution is 0.208. The fraction of sp³-hybridized carbons (Fsp3) is 0.231. The van der Waals surface area contributed by atoms with E-state index in [0.29, 0.717) is 19.7 Å². The highest BCUT2D eigenvalue weighted by atomic mass is 16.5. The molecule has 31 heavy (non-hydrogen) atoms. The van der Waals surface area contributed by atoms with Gasteiger partial charge in [0.1, 0.15) is 5.75 Å². The number of piperidine rings is 1. The number of carbonyl (C=O) groups is 1. The third-order valence-corrected chi connectivity index (χ3v) is 5.34. The Balaban J connectivity index is 1.27. The number of urea groups is 1. The summed E-state index contributed by atoms with van der Waals surface area (Å²) in [6.07, 6.45) is 8.21. The molecule has 1 saturated heterocycles. The number of aromatic nitrogens is 1. The molecule has 1 fully saturated rings. The Bertz CT molecular complexity index is 1010. The van der Waals surface area contributed by atoms with Gasteiger partial charge in [0.25, 0.3) is 0 Å². The van der Waals surface area contributed by atoms with E-state index >= 15 is 0 Å². The van der Waals surface area contributed by atoms with Crippen molar-refractivity contribution in [2.24, 2.45) is 0 Å². The number of nitrogens with one attached hydrogen (secondary N) is 1. The standard InChI is InChI=1S/C26H27N3O2/c30-26(28-24-9-5-14-27-20-24)29-15-11-22(12-16-29)18-23-8-4-10-25(19-23)31-17-13-21-6-2-1-3-7-21/h1-10,14,18-20H,11-13,15-17H2,(H,28,30). The molecule has 0 aliphatic carbocycles. The summed E-state index contributed by atoms with van der Waals surface area (Å²) >= 11 is 0. The smallest absolute Gasteiger partial charge is 0.321 e. The third kappa shape index (κ3) is 6.19. The summed E-state index contributed by atoms with van der Waals surface area (Å²) in [6, 6.07) is 22.2. The predicted octanol–water partition coefficient (Wildman–Crippen LogP) is 5.41. The zero-order chi connectivity index (χ0) is 21.3. The van der Waals surface area contributed by atoms with Crippen molar-refractivity contribution in [2.75, 3.05) is 25.0 Å². The molecule has 3 aromatic rings. The fourth-order valence-corrected chi connectivity index (χ4v) is 3.64. The van der Waals surface area contributed by atoms with Gasteiger partial charge in [-0.05, 0) is 48.2 Å². The highest BCUT2D eigenvalue weighted by molar-refractivity contribution is 5.89. The Hall–Kier alpha value is -3.60. The van der Waals surface area contributed by atoms with E-state index in [-0.39, 0.29) is 6.03 Å². The average molecular weight is 414 g/mol. The highest BCUT2D eigenvalue weighted by Gasteiger charge is 2.19. The number of hydrogen-bond donors (Lipinski definition) is 1. The lowest BCUT2D eigenvalue weighted by Gasteiger charge is -2.28. The first kappa shape index (κ1) is 20.7. The molecule has 5 heteroatoms. The lowest BCUT2D eigenvalue weighted by Crippen LogP contribution is -2.39. The molecule has 1 aliphatic heterocycles. The van der Waals surface area contributed by atoms with Gasteiger partial charge in [0.15, 0.2) is 0 Å². The Morgan fingerprint density at radius 1 is 1.03 bits per heavy atom. The molecular formula is C26H27N3O2. The maximum atomic E-state index is 12.4. The molecule has 0 unspecified atom stereocenters. The molecule has 0 atom stereocenters. The minimum Gasteiger partial charge on any atom is -0.493 e. The van der Waals surface area contributed by atoms with Crippen LogP contribution in [-0.2, 0) is 6.42 Å². The zero-order valence-electron chi connectivity index (χ0n) is 17.5. The summed E-state index contributed by atoms with van der Waals surface area (Å²) in [6.45, 7) is 2.08. The van der Waals surface area contributed by atoms with Gasteiger partial charge in [0, 0.05) is 25.7 Å². The number of carbonyl (C=O) groups excluding carboxylic acids is 1. The van der Waals surface area contributed by atoms with Crippen LogP contribution >= 0.6 is 0 Å². The van der Waals surface area contributed by atoms with Crippen molar-refractivity contribution in [1.29, 1.82) is 0 Å². The lowest BCUT2D eigenvalue weighted by atomic mass is 10.0. The molecule has 0 spiro atoms. The summed E-state index contributed by atoms with van der Waals surface area (Å²) in [5, 5.41) is 2.90. The van der Waals surface area contributed by atoms with Crippen molar-refractivity contribution in [1.82, 2.24) is 9.88 Å². The van der Waals surface area contributed by atoms with Crippen LogP contribution in [0.3, 0.4) is 0 Å². The van der Waals surface area contributed by atoms with Crippen molar-refractivity contribution in [3.8, 4) is 5.75 Å². The second-order valence-electron chi connectivity index (χ2n) is 7.62. The number of amides is 2. The molecule has 1 aliphatic rings. The summed E-state index contributed by atoms with van der Waals surface area (Å²) in [7, 11) is 0. The summed E-state index contributed by atoms with van der Waals surface area (Å²) in [5.41, 5.74) is 4.49. The van der Waals surface area contributed by atoms with Crippen LogP contribution in [0.15, 0.2) is 84.7 Å². The highest BCUT2D eigenvalue weighted by Crippen LogP contribution is 2.22. The second-order valence-corrected chi connectivity index (χ2v) is 7.62. The van der Waals surface area contributed by atoms with Gasteiger partial charge in [-0.2, -0.15) is 0 Å². The maximum Gasteiger partial charge on any atom is 0.321 e. The molecule has 158 valence electrons. The quantitative estimate of drug-likeness (QED) is 0.587. The Labute approximate surface area is 183 Å². The van der Waals surface area contributed by atoms with Crippen LogP contribution in [0.1, 0.15) is 24.0 Å². The molecule has 0 saturated carbocycles. The number of ether oxygens (including phenoxy) is 1.